The summed E-state index contributed by atoms with van der Waals surface area (Å²) in [5.74, 6) is -0.447. The van der Waals surface area contributed by atoms with Gasteiger partial charge in [0.25, 0.3) is 5.91 Å². The van der Waals surface area contributed by atoms with Crippen LogP contribution in [0, 0.1) is 30.6 Å². The standard InChI is InChI=1S/C18H21N3O6/c1-9-6-12(20-27-9)19-13(22)8-26-14(23)4-5-21-17(24)15-10-2-3-11(7-10)16(15)18(21)25/h6,10-11,15-16H,2-5,7-8H2,1H3,(H,19,20,22)/t10-,11-,15-,16-/m0/s1. The number of rotatable bonds is 6. The van der Waals surface area contributed by atoms with Gasteiger partial charge in [0, 0.05) is 12.6 Å². The molecule has 2 heterocycles. The highest BCUT2D eigenvalue weighted by Crippen LogP contribution is 2.56. The largest absolute Gasteiger partial charge is 0.456 e. The highest BCUT2D eigenvalue weighted by atomic mass is 16.5. The first-order valence-corrected chi connectivity index (χ1v) is 9.18. The van der Waals surface area contributed by atoms with Crippen molar-refractivity contribution in [2.75, 3.05) is 18.5 Å². The van der Waals surface area contributed by atoms with E-state index in [0.717, 1.165) is 19.3 Å². The lowest BCUT2D eigenvalue weighted by Gasteiger charge is -2.19. The Morgan fingerprint density at radius 1 is 1.26 bits per heavy atom. The fourth-order valence-electron chi connectivity index (χ4n) is 4.72. The number of hydrogen-bond donors (Lipinski definition) is 1. The molecule has 1 aliphatic heterocycles. The van der Waals surface area contributed by atoms with Crippen molar-refractivity contribution in [2.24, 2.45) is 23.7 Å². The molecule has 2 aliphatic carbocycles. The topological polar surface area (TPSA) is 119 Å². The maximum absolute atomic E-state index is 12.5. The van der Waals surface area contributed by atoms with Crippen molar-refractivity contribution in [2.45, 2.75) is 32.6 Å². The number of carbonyl (C=O) groups excluding carboxylic acids is 4. The second-order valence-corrected chi connectivity index (χ2v) is 7.49. The molecule has 3 fully saturated rings. The van der Waals surface area contributed by atoms with E-state index in [1.54, 1.807) is 6.92 Å². The Bertz CT molecular complexity index is 775. The first kappa shape index (κ1) is 17.7. The summed E-state index contributed by atoms with van der Waals surface area (Å²) in [5.41, 5.74) is 0. The Hall–Kier alpha value is -2.71. The third kappa shape index (κ3) is 3.22. The number of ether oxygens (including phenoxy) is 1. The first-order valence-electron chi connectivity index (χ1n) is 9.18. The lowest BCUT2D eigenvalue weighted by molar-refractivity contribution is -0.149. The van der Waals surface area contributed by atoms with Crippen molar-refractivity contribution in [3.8, 4) is 0 Å². The van der Waals surface area contributed by atoms with E-state index >= 15 is 0 Å². The van der Waals surface area contributed by atoms with Gasteiger partial charge in [-0.1, -0.05) is 5.16 Å². The number of likely N-dealkylation sites (tertiary alicyclic amines) is 1. The molecule has 0 aromatic carbocycles. The van der Waals surface area contributed by atoms with Crippen LogP contribution in [-0.4, -0.2) is 46.9 Å². The predicted octanol–water partition coefficient (Wildman–Crippen LogP) is 0.886. The zero-order chi connectivity index (χ0) is 19.1. The Kier molecular flexibility index (Phi) is 4.45. The molecule has 4 rings (SSSR count). The molecule has 3 aliphatic rings. The molecule has 9 heteroatoms. The van der Waals surface area contributed by atoms with Gasteiger partial charge in [0.05, 0.1) is 18.3 Å². The third-order valence-electron chi connectivity index (χ3n) is 5.82. The monoisotopic (exact) mass is 375 g/mol. The van der Waals surface area contributed by atoms with Gasteiger partial charge >= 0.3 is 5.97 Å². The number of fused-ring (bicyclic) bond motifs is 5. The van der Waals surface area contributed by atoms with Crippen LogP contribution in [0.4, 0.5) is 5.82 Å². The van der Waals surface area contributed by atoms with Crippen LogP contribution >= 0.6 is 0 Å². The molecule has 27 heavy (non-hydrogen) atoms. The zero-order valence-corrected chi connectivity index (χ0v) is 15.0. The molecule has 144 valence electrons. The van der Waals surface area contributed by atoms with Gasteiger partial charge in [0.2, 0.25) is 11.8 Å². The molecule has 0 radical (unpaired) electrons. The summed E-state index contributed by atoms with van der Waals surface area (Å²) < 4.78 is 9.72. The molecule has 9 nitrogen and oxygen atoms in total. The summed E-state index contributed by atoms with van der Waals surface area (Å²) in [5, 5.41) is 6.04. The van der Waals surface area contributed by atoms with E-state index in [-0.39, 0.29) is 42.4 Å². The van der Waals surface area contributed by atoms with Crippen LogP contribution in [-0.2, 0) is 23.9 Å². The maximum Gasteiger partial charge on any atom is 0.308 e. The van der Waals surface area contributed by atoms with Crippen LogP contribution in [0.2, 0.25) is 0 Å². The molecular weight excluding hydrogens is 354 g/mol. The van der Waals surface area contributed by atoms with E-state index in [2.05, 4.69) is 10.5 Å². The maximum atomic E-state index is 12.5. The second-order valence-electron chi connectivity index (χ2n) is 7.49. The molecule has 0 unspecified atom stereocenters. The number of anilines is 1. The van der Waals surface area contributed by atoms with Crippen molar-refractivity contribution in [1.29, 1.82) is 0 Å². The minimum absolute atomic E-state index is 0.00698. The minimum Gasteiger partial charge on any atom is -0.456 e. The molecule has 4 atom stereocenters. The number of aromatic nitrogens is 1. The number of nitrogens with zero attached hydrogens (tertiary/aromatic N) is 2. The molecule has 1 aromatic rings. The molecular formula is C18H21N3O6. The van der Waals surface area contributed by atoms with Crippen LogP contribution in [0.1, 0.15) is 31.4 Å². The Balaban J connectivity index is 1.23. The number of esters is 1. The number of aryl methyl sites for hydroxylation is 1. The number of carbonyl (C=O) groups is 4. The number of amides is 3. The van der Waals surface area contributed by atoms with Gasteiger partial charge in [-0.15, -0.1) is 0 Å². The van der Waals surface area contributed by atoms with E-state index in [1.807, 2.05) is 0 Å². The van der Waals surface area contributed by atoms with Gasteiger partial charge in [0.1, 0.15) is 5.76 Å². The van der Waals surface area contributed by atoms with Crippen molar-refractivity contribution in [1.82, 2.24) is 10.1 Å². The Labute approximate surface area is 155 Å². The summed E-state index contributed by atoms with van der Waals surface area (Å²) in [6, 6.07) is 1.54. The van der Waals surface area contributed by atoms with Gasteiger partial charge in [-0.3, -0.25) is 24.1 Å². The van der Waals surface area contributed by atoms with E-state index in [1.165, 1.54) is 11.0 Å². The summed E-state index contributed by atoms with van der Waals surface area (Å²) in [6.45, 7) is 1.22. The Morgan fingerprint density at radius 3 is 2.52 bits per heavy atom. The fraction of sp³-hybridized carbons (Fsp3) is 0.611. The lowest BCUT2D eigenvalue weighted by Crippen LogP contribution is -2.35. The van der Waals surface area contributed by atoms with Gasteiger partial charge in [-0.25, -0.2) is 0 Å². The average Bonchev–Trinajstić information content (AvgIpc) is 3.38. The Morgan fingerprint density at radius 2 is 1.93 bits per heavy atom. The number of hydrogen-bond acceptors (Lipinski definition) is 7. The third-order valence-corrected chi connectivity index (χ3v) is 5.82. The van der Waals surface area contributed by atoms with E-state index in [9.17, 15) is 19.2 Å². The fourth-order valence-corrected chi connectivity index (χ4v) is 4.72. The molecule has 2 bridgehead atoms. The smallest absolute Gasteiger partial charge is 0.308 e. The summed E-state index contributed by atoms with van der Waals surface area (Å²) in [6.07, 6.45) is 2.88. The second kappa shape index (κ2) is 6.79. The highest BCUT2D eigenvalue weighted by molar-refractivity contribution is 6.06. The molecule has 1 N–H and O–H groups in total. The highest BCUT2D eigenvalue weighted by Gasteiger charge is 2.60. The summed E-state index contributed by atoms with van der Waals surface area (Å²) >= 11 is 0. The molecule has 1 aromatic heterocycles. The van der Waals surface area contributed by atoms with Gasteiger partial charge in [-0.2, -0.15) is 0 Å². The normalized spacial score (nSPS) is 28.6. The van der Waals surface area contributed by atoms with Crippen molar-refractivity contribution >= 4 is 29.5 Å². The zero-order valence-electron chi connectivity index (χ0n) is 15.0. The lowest BCUT2D eigenvalue weighted by atomic mass is 9.81. The van der Waals surface area contributed by atoms with E-state index in [4.69, 9.17) is 9.26 Å². The summed E-state index contributed by atoms with van der Waals surface area (Å²) in [7, 11) is 0. The van der Waals surface area contributed by atoms with Gasteiger partial charge < -0.3 is 14.6 Å². The van der Waals surface area contributed by atoms with E-state index < -0.39 is 18.5 Å². The first-order chi connectivity index (χ1) is 12.9. The number of nitrogens with one attached hydrogen (secondary N) is 1. The number of imide groups is 1. The average molecular weight is 375 g/mol. The molecule has 0 spiro atoms. The summed E-state index contributed by atoms with van der Waals surface area (Å²) in [4.78, 5) is 49.9. The van der Waals surface area contributed by atoms with Crippen LogP contribution in [0.5, 0.6) is 0 Å². The van der Waals surface area contributed by atoms with Crippen LogP contribution in [0.25, 0.3) is 0 Å². The molecule has 2 saturated carbocycles. The van der Waals surface area contributed by atoms with E-state index in [0.29, 0.717) is 17.6 Å². The quantitative estimate of drug-likeness (QED) is 0.579. The molecule has 1 saturated heterocycles. The van der Waals surface area contributed by atoms with Crippen molar-refractivity contribution in [3.63, 3.8) is 0 Å². The minimum atomic E-state index is -0.637. The van der Waals surface area contributed by atoms with Crippen molar-refractivity contribution in [3.05, 3.63) is 11.8 Å². The van der Waals surface area contributed by atoms with Crippen molar-refractivity contribution < 1.29 is 28.4 Å². The van der Waals surface area contributed by atoms with Gasteiger partial charge in [0.15, 0.2) is 12.4 Å². The van der Waals surface area contributed by atoms with Crippen LogP contribution < -0.4 is 5.32 Å². The molecule has 3 amide bonds. The van der Waals surface area contributed by atoms with Crippen LogP contribution in [0.15, 0.2) is 10.6 Å². The van der Waals surface area contributed by atoms with Gasteiger partial charge in [-0.05, 0) is 38.0 Å². The predicted molar refractivity (Wildman–Crippen MR) is 90.0 cm³/mol. The van der Waals surface area contributed by atoms with Crippen LogP contribution in [0.3, 0.4) is 0 Å². The SMILES string of the molecule is Cc1cc(NC(=O)COC(=O)CCN2C(=O)[C@H]3[C@H]4CC[C@@H](C4)[C@@H]3C2=O)no1.